The molecule has 0 atom stereocenters. The van der Waals surface area contributed by atoms with Crippen LogP contribution in [0.15, 0.2) is 12.1 Å². The molecule has 1 aromatic rings. The van der Waals surface area contributed by atoms with Crippen molar-refractivity contribution in [2.45, 2.75) is 12.8 Å². The fourth-order valence-corrected chi connectivity index (χ4v) is 1.40. The van der Waals surface area contributed by atoms with Crippen molar-refractivity contribution >= 4 is 5.69 Å². The zero-order valence-electron chi connectivity index (χ0n) is 8.71. The normalized spacial score (nSPS) is 14.1. The summed E-state index contributed by atoms with van der Waals surface area (Å²) < 4.78 is 50.3. The zero-order chi connectivity index (χ0) is 12.5. The third-order valence-electron chi connectivity index (χ3n) is 2.16. The summed E-state index contributed by atoms with van der Waals surface area (Å²) in [5, 5.41) is 0. The van der Waals surface area contributed by atoms with Crippen LogP contribution in [0, 0.1) is 0 Å². The van der Waals surface area contributed by atoms with Crippen molar-refractivity contribution in [3.05, 3.63) is 17.7 Å². The van der Waals surface area contributed by atoms with Crippen molar-refractivity contribution in [2.24, 2.45) is 0 Å². The number of halogens is 3. The number of ether oxygens (including phenoxy) is 3. The topological polar surface area (TPSA) is 53.7 Å². The Morgan fingerprint density at radius 3 is 2.53 bits per heavy atom. The van der Waals surface area contributed by atoms with Crippen LogP contribution in [-0.2, 0) is 11.3 Å². The molecule has 0 unspecified atom stereocenters. The van der Waals surface area contributed by atoms with Gasteiger partial charge in [0.05, 0.1) is 6.61 Å². The molecule has 4 nitrogen and oxygen atoms in total. The van der Waals surface area contributed by atoms with Crippen molar-refractivity contribution in [1.82, 2.24) is 0 Å². The fraction of sp³-hybridized carbons (Fsp3) is 0.400. The highest BCUT2D eigenvalue weighted by Gasteiger charge is 2.27. The van der Waals surface area contributed by atoms with Crippen LogP contribution in [0.4, 0.5) is 18.9 Å². The lowest BCUT2D eigenvalue weighted by atomic mass is 10.1. The van der Waals surface area contributed by atoms with E-state index in [0.29, 0.717) is 22.7 Å². The van der Waals surface area contributed by atoms with Crippen LogP contribution in [0.3, 0.4) is 0 Å². The van der Waals surface area contributed by atoms with Gasteiger partial charge in [-0.05, 0) is 6.07 Å². The van der Waals surface area contributed by atoms with Gasteiger partial charge >= 0.3 is 6.18 Å². The maximum absolute atomic E-state index is 11.9. The fourth-order valence-electron chi connectivity index (χ4n) is 1.40. The first kappa shape index (κ1) is 11.8. The number of fused-ring (bicyclic) bond motifs is 1. The molecule has 0 spiro atoms. The Hall–Kier alpha value is -1.63. The van der Waals surface area contributed by atoms with Crippen LogP contribution in [0.1, 0.15) is 5.56 Å². The monoisotopic (exact) mass is 249 g/mol. The summed E-state index contributed by atoms with van der Waals surface area (Å²) in [6.45, 7) is -1.44. The Labute approximate surface area is 95.1 Å². The van der Waals surface area contributed by atoms with E-state index in [1.807, 2.05) is 0 Å². The second kappa shape index (κ2) is 4.33. The lowest BCUT2D eigenvalue weighted by Crippen LogP contribution is -2.17. The molecule has 2 N–H and O–H groups in total. The molecule has 7 heteroatoms. The minimum atomic E-state index is -4.34. The number of nitrogens with two attached hydrogens (primary N) is 1. The first-order valence-corrected chi connectivity index (χ1v) is 4.78. The molecular weight excluding hydrogens is 239 g/mol. The van der Waals surface area contributed by atoms with Crippen molar-refractivity contribution < 1.29 is 27.4 Å². The molecule has 1 aliphatic rings. The molecular formula is C10H10F3NO3. The van der Waals surface area contributed by atoms with E-state index in [0.717, 1.165) is 0 Å². The van der Waals surface area contributed by atoms with E-state index in [9.17, 15) is 13.2 Å². The molecule has 0 saturated carbocycles. The maximum Gasteiger partial charge on any atom is 0.411 e. The predicted octanol–water partition coefficient (Wildman–Crippen LogP) is 2.08. The number of hydrogen-bond acceptors (Lipinski definition) is 4. The first-order chi connectivity index (χ1) is 7.96. The van der Waals surface area contributed by atoms with Crippen LogP contribution in [0.2, 0.25) is 0 Å². The van der Waals surface area contributed by atoms with Crippen LogP contribution < -0.4 is 15.2 Å². The molecule has 0 aliphatic carbocycles. The number of benzene rings is 1. The van der Waals surface area contributed by atoms with Crippen LogP contribution >= 0.6 is 0 Å². The van der Waals surface area contributed by atoms with Gasteiger partial charge in [-0.2, -0.15) is 13.2 Å². The number of anilines is 1. The lowest BCUT2D eigenvalue weighted by molar-refractivity contribution is -0.176. The van der Waals surface area contributed by atoms with Gasteiger partial charge in [-0.15, -0.1) is 0 Å². The highest BCUT2D eigenvalue weighted by Crippen LogP contribution is 2.36. The van der Waals surface area contributed by atoms with Gasteiger partial charge in [0.1, 0.15) is 6.61 Å². The minimum Gasteiger partial charge on any atom is -0.454 e. The highest BCUT2D eigenvalue weighted by atomic mass is 19.4. The molecule has 2 rings (SSSR count). The zero-order valence-corrected chi connectivity index (χ0v) is 8.71. The molecule has 1 heterocycles. The average molecular weight is 249 g/mol. The predicted molar refractivity (Wildman–Crippen MR) is 52.7 cm³/mol. The van der Waals surface area contributed by atoms with Crippen molar-refractivity contribution in [1.29, 1.82) is 0 Å². The molecule has 17 heavy (non-hydrogen) atoms. The Bertz CT molecular complexity index is 420. The van der Waals surface area contributed by atoms with Gasteiger partial charge < -0.3 is 19.9 Å². The van der Waals surface area contributed by atoms with E-state index >= 15 is 0 Å². The van der Waals surface area contributed by atoms with Crippen molar-refractivity contribution in [2.75, 3.05) is 19.1 Å². The Morgan fingerprint density at radius 1 is 1.24 bits per heavy atom. The average Bonchev–Trinajstić information content (AvgIpc) is 2.63. The summed E-state index contributed by atoms with van der Waals surface area (Å²) in [7, 11) is 0. The molecule has 0 bridgehead atoms. The summed E-state index contributed by atoms with van der Waals surface area (Å²) in [5.74, 6) is 0.951. The van der Waals surface area contributed by atoms with Gasteiger partial charge in [-0.25, -0.2) is 0 Å². The van der Waals surface area contributed by atoms with Crippen LogP contribution in [0.5, 0.6) is 11.5 Å². The molecule has 1 aromatic carbocycles. The van der Waals surface area contributed by atoms with Gasteiger partial charge in [-0.3, -0.25) is 0 Å². The second-order valence-corrected chi connectivity index (χ2v) is 3.51. The lowest BCUT2D eigenvalue weighted by Gasteiger charge is -2.10. The SMILES string of the molecule is Nc1cc2c(cc1COCC(F)(F)F)OCO2. The third kappa shape index (κ3) is 2.94. The Kier molecular flexibility index (Phi) is 3.01. The van der Waals surface area contributed by atoms with E-state index in [4.69, 9.17) is 15.2 Å². The molecule has 0 saturated heterocycles. The van der Waals surface area contributed by atoms with Crippen molar-refractivity contribution in [3.8, 4) is 11.5 Å². The maximum atomic E-state index is 11.9. The summed E-state index contributed by atoms with van der Waals surface area (Å²) in [6.07, 6.45) is -4.34. The molecule has 1 aliphatic heterocycles. The summed E-state index contributed by atoms with van der Waals surface area (Å²) in [5.41, 5.74) is 6.41. The minimum absolute atomic E-state index is 0.0850. The summed E-state index contributed by atoms with van der Waals surface area (Å²) in [6, 6.07) is 3.03. The summed E-state index contributed by atoms with van der Waals surface area (Å²) in [4.78, 5) is 0. The van der Waals surface area contributed by atoms with E-state index in [2.05, 4.69) is 4.74 Å². The standard InChI is InChI=1S/C10H10F3NO3/c11-10(12,13)4-15-3-6-1-8-9(2-7(6)14)17-5-16-8/h1-2H,3-5,14H2. The first-order valence-electron chi connectivity index (χ1n) is 4.78. The largest absolute Gasteiger partial charge is 0.454 e. The van der Waals surface area contributed by atoms with Gasteiger partial charge in [0, 0.05) is 17.3 Å². The Morgan fingerprint density at radius 2 is 1.88 bits per heavy atom. The molecule has 0 radical (unpaired) electrons. The number of alkyl halides is 3. The molecule has 94 valence electrons. The number of hydrogen-bond donors (Lipinski definition) is 1. The van der Waals surface area contributed by atoms with Gasteiger partial charge in [-0.1, -0.05) is 0 Å². The molecule has 0 fully saturated rings. The van der Waals surface area contributed by atoms with Gasteiger partial charge in [0.15, 0.2) is 11.5 Å². The molecule has 0 amide bonds. The second-order valence-electron chi connectivity index (χ2n) is 3.51. The quantitative estimate of drug-likeness (QED) is 0.833. The number of rotatable bonds is 3. The van der Waals surface area contributed by atoms with E-state index < -0.39 is 12.8 Å². The summed E-state index contributed by atoms with van der Waals surface area (Å²) >= 11 is 0. The van der Waals surface area contributed by atoms with E-state index in [-0.39, 0.29) is 13.4 Å². The highest BCUT2D eigenvalue weighted by molar-refractivity contribution is 5.58. The molecule has 0 aromatic heterocycles. The number of nitrogen functional groups attached to an aromatic ring is 1. The third-order valence-corrected chi connectivity index (χ3v) is 2.16. The van der Waals surface area contributed by atoms with E-state index in [1.165, 1.54) is 12.1 Å². The van der Waals surface area contributed by atoms with Crippen LogP contribution in [-0.4, -0.2) is 19.6 Å². The Balaban J connectivity index is 2.02. The van der Waals surface area contributed by atoms with Gasteiger partial charge in [0.25, 0.3) is 0 Å². The van der Waals surface area contributed by atoms with Crippen LogP contribution in [0.25, 0.3) is 0 Å². The van der Waals surface area contributed by atoms with Crippen molar-refractivity contribution in [3.63, 3.8) is 0 Å². The van der Waals surface area contributed by atoms with Gasteiger partial charge in [0.2, 0.25) is 6.79 Å². The van der Waals surface area contributed by atoms with E-state index in [1.54, 1.807) is 0 Å². The smallest absolute Gasteiger partial charge is 0.411 e.